The third-order valence-corrected chi connectivity index (χ3v) is 4.41. The third-order valence-electron chi connectivity index (χ3n) is 3.14. The zero-order valence-electron chi connectivity index (χ0n) is 13.4. The molecule has 0 saturated carbocycles. The molecule has 2 rings (SSSR count). The molecule has 2 N–H and O–H groups in total. The maximum atomic E-state index is 12.0. The zero-order chi connectivity index (χ0) is 17.5. The number of halogens is 1. The van der Waals surface area contributed by atoms with Crippen LogP contribution < -0.4 is 15.8 Å². The van der Waals surface area contributed by atoms with Gasteiger partial charge in [-0.3, -0.25) is 20.4 Å². The molecule has 2 amide bonds. The Morgan fingerprint density at radius 1 is 1.00 bits per heavy atom. The molecule has 5 nitrogen and oxygen atoms in total. The van der Waals surface area contributed by atoms with E-state index in [1.54, 1.807) is 24.3 Å². The molecule has 0 spiro atoms. The van der Waals surface area contributed by atoms with Gasteiger partial charge in [-0.15, -0.1) is 11.8 Å². The molecule has 0 radical (unpaired) electrons. The van der Waals surface area contributed by atoms with Crippen LogP contribution in [0.15, 0.2) is 53.4 Å². The van der Waals surface area contributed by atoms with Crippen molar-refractivity contribution in [2.24, 2.45) is 0 Å². The second-order valence-electron chi connectivity index (χ2n) is 5.19. The van der Waals surface area contributed by atoms with Crippen molar-refractivity contribution in [2.45, 2.75) is 4.90 Å². The first-order valence-electron chi connectivity index (χ1n) is 7.20. The summed E-state index contributed by atoms with van der Waals surface area (Å²) in [5.74, 6) is -0.444. The molecule has 0 heterocycles. The molecule has 0 aromatic heterocycles. The maximum Gasteiger partial charge on any atom is 0.269 e. The number of anilines is 1. The molecule has 126 valence electrons. The molecule has 0 atom stereocenters. The lowest BCUT2D eigenvalue weighted by molar-refractivity contribution is -0.119. The molecule has 0 bridgehead atoms. The van der Waals surface area contributed by atoms with Gasteiger partial charge in [0.05, 0.1) is 5.75 Å². The Hall–Kier alpha value is -2.18. The summed E-state index contributed by atoms with van der Waals surface area (Å²) < 4.78 is 0. The first-order chi connectivity index (χ1) is 11.5. The van der Waals surface area contributed by atoms with Crippen molar-refractivity contribution >= 4 is 40.9 Å². The summed E-state index contributed by atoms with van der Waals surface area (Å²) in [6, 6.07) is 14.3. The number of hydrogen-bond donors (Lipinski definition) is 2. The Morgan fingerprint density at radius 2 is 1.62 bits per heavy atom. The highest BCUT2D eigenvalue weighted by molar-refractivity contribution is 8.00. The lowest BCUT2D eigenvalue weighted by Crippen LogP contribution is -2.42. The summed E-state index contributed by atoms with van der Waals surface area (Å²) in [5.41, 5.74) is 6.28. The number of hydrogen-bond acceptors (Lipinski definition) is 4. The SMILES string of the molecule is CN(C)c1ccc(C(=O)NNC(=O)CSc2ccc(Cl)cc2)cc1. The number of hydrazine groups is 1. The van der Waals surface area contributed by atoms with Crippen LogP contribution in [0.2, 0.25) is 5.02 Å². The van der Waals surface area contributed by atoms with Gasteiger partial charge in [0.1, 0.15) is 0 Å². The quantitative estimate of drug-likeness (QED) is 0.633. The van der Waals surface area contributed by atoms with Gasteiger partial charge in [-0.05, 0) is 48.5 Å². The van der Waals surface area contributed by atoms with E-state index in [4.69, 9.17) is 11.6 Å². The Morgan fingerprint density at radius 3 is 2.21 bits per heavy atom. The average Bonchev–Trinajstić information content (AvgIpc) is 2.59. The lowest BCUT2D eigenvalue weighted by atomic mass is 10.2. The standard InChI is InChI=1S/C17H18ClN3O2S/c1-21(2)14-7-3-12(4-8-14)17(23)20-19-16(22)11-24-15-9-5-13(18)6-10-15/h3-10H,11H2,1-2H3,(H,19,22)(H,20,23). The number of rotatable bonds is 5. The highest BCUT2D eigenvalue weighted by Crippen LogP contribution is 2.19. The summed E-state index contributed by atoms with van der Waals surface area (Å²) in [6.45, 7) is 0. The number of carbonyl (C=O) groups excluding carboxylic acids is 2. The van der Waals surface area contributed by atoms with Gasteiger partial charge in [0.2, 0.25) is 5.91 Å². The smallest absolute Gasteiger partial charge is 0.269 e. The minimum atomic E-state index is -0.356. The van der Waals surface area contributed by atoms with E-state index in [2.05, 4.69) is 10.9 Å². The number of thioether (sulfide) groups is 1. The van der Waals surface area contributed by atoms with Crippen molar-refractivity contribution in [3.63, 3.8) is 0 Å². The van der Waals surface area contributed by atoms with E-state index >= 15 is 0 Å². The van der Waals surface area contributed by atoms with Crippen LogP contribution in [0, 0.1) is 0 Å². The van der Waals surface area contributed by atoms with Gasteiger partial charge in [-0.25, -0.2) is 0 Å². The van der Waals surface area contributed by atoms with Crippen LogP contribution >= 0.6 is 23.4 Å². The van der Waals surface area contributed by atoms with E-state index < -0.39 is 0 Å². The number of benzene rings is 2. The fraction of sp³-hybridized carbons (Fsp3) is 0.176. The van der Waals surface area contributed by atoms with Gasteiger partial charge in [-0.1, -0.05) is 11.6 Å². The second kappa shape index (κ2) is 8.61. The normalized spacial score (nSPS) is 10.1. The van der Waals surface area contributed by atoms with E-state index in [1.807, 2.05) is 43.3 Å². The van der Waals surface area contributed by atoms with Gasteiger partial charge in [-0.2, -0.15) is 0 Å². The van der Waals surface area contributed by atoms with E-state index in [-0.39, 0.29) is 17.6 Å². The minimum Gasteiger partial charge on any atom is -0.378 e. The summed E-state index contributed by atoms with van der Waals surface area (Å²) >= 11 is 7.17. The Bertz CT molecular complexity index is 703. The van der Waals surface area contributed by atoms with E-state index in [0.717, 1.165) is 10.6 Å². The van der Waals surface area contributed by atoms with Crippen molar-refractivity contribution in [2.75, 3.05) is 24.7 Å². The van der Waals surface area contributed by atoms with Crippen LogP contribution in [0.25, 0.3) is 0 Å². The van der Waals surface area contributed by atoms with Crippen LogP contribution in [0.1, 0.15) is 10.4 Å². The fourth-order valence-electron chi connectivity index (χ4n) is 1.83. The average molecular weight is 364 g/mol. The second-order valence-corrected chi connectivity index (χ2v) is 6.67. The van der Waals surface area contributed by atoms with Crippen LogP contribution in [-0.2, 0) is 4.79 Å². The monoisotopic (exact) mass is 363 g/mol. The number of nitrogens with zero attached hydrogens (tertiary/aromatic N) is 1. The minimum absolute atomic E-state index is 0.196. The van der Waals surface area contributed by atoms with Crippen molar-refractivity contribution in [3.8, 4) is 0 Å². The Labute approximate surface area is 150 Å². The summed E-state index contributed by atoms with van der Waals surface area (Å²) in [4.78, 5) is 26.6. The van der Waals surface area contributed by atoms with Crippen LogP contribution in [0.3, 0.4) is 0 Å². The largest absolute Gasteiger partial charge is 0.378 e. The molecule has 7 heteroatoms. The van der Waals surface area contributed by atoms with Crippen LogP contribution in [0.5, 0.6) is 0 Å². The van der Waals surface area contributed by atoms with Crippen LogP contribution in [-0.4, -0.2) is 31.7 Å². The van der Waals surface area contributed by atoms with E-state index in [0.29, 0.717) is 10.6 Å². The fourth-order valence-corrected chi connectivity index (χ4v) is 2.65. The first-order valence-corrected chi connectivity index (χ1v) is 8.57. The molecular weight excluding hydrogens is 346 g/mol. The predicted molar refractivity (Wildman–Crippen MR) is 98.6 cm³/mol. The molecule has 2 aromatic carbocycles. The van der Waals surface area contributed by atoms with Crippen molar-refractivity contribution < 1.29 is 9.59 Å². The summed E-state index contributed by atoms with van der Waals surface area (Å²) in [5, 5.41) is 0.649. The lowest BCUT2D eigenvalue weighted by Gasteiger charge is -2.12. The van der Waals surface area contributed by atoms with Gasteiger partial charge >= 0.3 is 0 Å². The zero-order valence-corrected chi connectivity index (χ0v) is 14.9. The number of nitrogens with one attached hydrogen (secondary N) is 2. The molecular formula is C17H18ClN3O2S. The molecule has 24 heavy (non-hydrogen) atoms. The molecule has 0 aliphatic carbocycles. The Kier molecular flexibility index (Phi) is 6.52. The van der Waals surface area contributed by atoms with Crippen molar-refractivity contribution in [3.05, 3.63) is 59.1 Å². The van der Waals surface area contributed by atoms with Gasteiger partial charge in [0.25, 0.3) is 5.91 Å². The molecule has 0 saturated heterocycles. The molecule has 0 aliphatic rings. The highest BCUT2D eigenvalue weighted by atomic mass is 35.5. The van der Waals surface area contributed by atoms with E-state index in [1.165, 1.54) is 11.8 Å². The van der Waals surface area contributed by atoms with Gasteiger partial charge in [0, 0.05) is 35.3 Å². The number of carbonyl (C=O) groups is 2. The number of amides is 2. The summed E-state index contributed by atoms with van der Waals surface area (Å²) in [7, 11) is 3.85. The molecule has 2 aromatic rings. The van der Waals surface area contributed by atoms with Gasteiger partial charge < -0.3 is 4.90 Å². The molecule has 0 fully saturated rings. The van der Waals surface area contributed by atoms with E-state index in [9.17, 15) is 9.59 Å². The molecule has 0 aliphatic heterocycles. The Balaban J connectivity index is 1.78. The van der Waals surface area contributed by atoms with Gasteiger partial charge in [0.15, 0.2) is 0 Å². The van der Waals surface area contributed by atoms with Crippen LogP contribution in [0.4, 0.5) is 5.69 Å². The predicted octanol–water partition coefficient (Wildman–Crippen LogP) is 2.96. The van der Waals surface area contributed by atoms with Crippen molar-refractivity contribution in [1.82, 2.24) is 10.9 Å². The topological polar surface area (TPSA) is 61.4 Å². The highest BCUT2D eigenvalue weighted by Gasteiger charge is 2.08. The van der Waals surface area contributed by atoms with Crippen molar-refractivity contribution in [1.29, 1.82) is 0 Å². The third kappa shape index (κ3) is 5.47. The first kappa shape index (κ1) is 18.2. The maximum absolute atomic E-state index is 12.0. The summed E-state index contributed by atoms with van der Waals surface area (Å²) in [6.07, 6.45) is 0. The molecule has 0 unspecified atom stereocenters.